The molecule has 6 nitrogen and oxygen atoms in total. The van der Waals surface area contributed by atoms with Crippen molar-refractivity contribution >= 4 is 27.8 Å². The lowest BCUT2D eigenvalue weighted by Crippen LogP contribution is -2.46. The van der Waals surface area contributed by atoms with Gasteiger partial charge in [-0.15, -0.1) is 0 Å². The summed E-state index contributed by atoms with van der Waals surface area (Å²) in [5, 5.41) is 13.8. The van der Waals surface area contributed by atoms with Gasteiger partial charge in [0.2, 0.25) is 0 Å². The number of carboxylic acid groups (broad SMARTS) is 1. The van der Waals surface area contributed by atoms with Crippen molar-refractivity contribution in [1.82, 2.24) is 14.7 Å². The lowest BCUT2D eigenvalue weighted by molar-refractivity contribution is 0.123. The molecule has 0 bridgehead atoms. The summed E-state index contributed by atoms with van der Waals surface area (Å²) < 4.78 is 2.65. The predicted molar refractivity (Wildman–Crippen MR) is 90.3 cm³/mol. The Hall–Kier alpha value is -1.24. The summed E-state index contributed by atoms with van der Waals surface area (Å²) in [7, 11) is 1.92. The van der Waals surface area contributed by atoms with Crippen LogP contribution in [0.5, 0.6) is 0 Å². The average Bonchev–Trinajstić information content (AvgIpc) is 2.93. The lowest BCUT2D eigenvalue weighted by atomic mass is 9.96. The van der Waals surface area contributed by atoms with Crippen LogP contribution in [0.25, 0.3) is 0 Å². The number of amides is 1. The average molecular weight is 373 g/mol. The largest absolute Gasteiger partial charge is 0.465 e. The Labute approximate surface area is 140 Å². The summed E-state index contributed by atoms with van der Waals surface area (Å²) in [5.41, 5.74) is -0.0443. The second kappa shape index (κ2) is 6.48. The maximum Gasteiger partial charge on any atom is 0.407 e. The van der Waals surface area contributed by atoms with Crippen LogP contribution in [0.15, 0.2) is 10.7 Å². The van der Waals surface area contributed by atoms with Gasteiger partial charge in [0.25, 0.3) is 0 Å². The van der Waals surface area contributed by atoms with Crippen LogP contribution in [-0.4, -0.2) is 51.6 Å². The van der Waals surface area contributed by atoms with Gasteiger partial charge in [0.15, 0.2) is 0 Å². The molecule has 1 atom stereocenters. The van der Waals surface area contributed by atoms with Crippen molar-refractivity contribution in [3.8, 4) is 0 Å². The first kappa shape index (κ1) is 17.1. The van der Waals surface area contributed by atoms with Crippen LogP contribution in [0.3, 0.4) is 0 Å². The third kappa shape index (κ3) is 4.15. The van der Waals surface area contributed by atoms with Gasteiger partial charge in [-0.3, -0.25) is 4.68 Å². The van der Waals surface area contributed by atoms with Gasteiger partial charge in [0, 0.05) is 38.8 Å². The lowest BCUT2D eigenvalue weighted by Gasteiger charge is -2.33. The summed E-state index contributed by atoms with van der Waals surface area (Å²) in [6.07, 6.45) is 1.25. The Morgan fingerprint density at radius 1 is 1.55 bits per heavy atom. The van der Waals surface area contributed by atoms with E-state index in [2.05, 4.69) is 46.7 Å². The normalized spacial score (nSPS) is 18.8. The molecule has 1 fully saturated rings. The van der Waals surface area contributed by atoms with Crippen LogP contribution >= 0.6 is 15.9 Å². The van der Waals surface area contributed by atoms with E-state index in [0.29, 0.717) is 13.1 Å². The van der Waals surface area contributed by atoms with Crippen molar-refractivity contribution in [2.75, 3.05) is 24.5 Å². The first-order valence-electron chi connectivity index (χ1n) is 7.61. The van der Waals surface area contributed by atoms with E-state index in [0.717, 1.165) is 29.8 Å². The molecule has 22 heavy (non-hydrogen) atoms. The van der Waals surface area contributed by atoms with Crippen LogP contribution in [0.4, 0.5) is 10.6 Å². The van der Waals surface area contributed by atoms with Crippen molar-refractivity contribution in [3.63, 3.8) is 0 Å². The minimum Gasteiger partial charge on any atom is -0.465 e. The number of carbonyl (C=O) groups is 1. The van der Waals surface area contributed by atoms with E-state index >= 15 is 0 Å². The van der Waals surface area contributed by atoms with Gasteiger partial charge < -0.3 is 14.9 Å². The Morgan fingerprint density at radius 2 is 2.23 bits per heavy atom. The fourth-order valence-electron chi connectivity index (χ4n) is 3.06. The van der Waals surface area contributed by atoms with Gasteiger partial charge in [0.05, 0.1) is 0 Å². The van der Waals surface area contributed by atoms with Crippen molar-refractivity contribution < 1.29 is 9.90 Å². The highest BCUT2D eigenvalue weighted by molar-refractivity contribution is 9.10. The molecule has 7 heteroatoms. The number of aryl methyl sites for hydroxylation is 1. The predicted octanol–water partition coefficient (Wildman–Crippen LogP) is 3.18. The number of hydrogen-bond acceptors (Lipinski definition) is 3. The summed E-state index contributed by atoms with van der Waals surface area (Å²) in [6, 6.07) is 2.20. The molecule has 0 unspecified atom stereocenters. The van der Waals surface area contributed by atoms with Crippen molar-refractivity contribution in [3.05, 3.63) is 10.7 Å². The van der Waals surface area contributed by atoms with Gasteiger partial charge in [-0.2, -0.15) is 5.10 Å². The highest BCUT2D eigenvalue weighted by atomic mass is 79.9. The highest BCUT2D eigenvalue weighted by Gasteiger charge is 2.31. The van der Waals surface area contributed by atoms with Gasteiger partial charge in [-0.25, -0.2) is 4.79 Å². The quantitative estimate of drug-likeness (QED) is 0.881. The van der Waals surface area contributed by atoms with Crippen LogP contribution in [0.1, 0.15) is 33.6 Å². The smallest absolute Gasteiger partial charge is 0.407 e. The summed E-state index contributed by atoms with van der Waals surface area (Å²) in [6.45, 7) is 8.21. The topological polar surface area (TPSA) is 61.6 Å². The zero-order chi connectivity index (χ0) is 16.5. The van der Waals surface area contributed by atoms with Gasteiger partial charge in [0.1, 0.15) is 10.4 Å². The molecule has 1 amide bonds. The molecule has 124 valence electrons. The van der Waals surface area contributed by atoms with E-state index in [1.807, 2.05) is 17.8 Å². The molecule has 1 aromatic rings. The zero-order valence-corrected chi connectivity index (χ0v) is 15.3. The number of rotatable bonds is 4. The summed E-state index contributed by atoms with van der Waals surface area (Å²) >= 11 is 3.40. The number of aromatic nitrogens is 2. The van der Waals surface area contributed by atoms with Gasteiger partial charge in [-0.1, -0.05) is 20.8 Å². The van der Waals surface area contributed by atoms with Crippen molar-refractivity contribution in [2.45, 2.75) is 39.7 Å². The van der Waals surface area contributed by atoms with Crippen LogP contribution in [0, 0.1) is 5.41 Å². The number of anilines is 1. The van der Waals surface area contributed by atoms with Crippen LogP contribution in [0.2, 0.25) is 0 Å². The molecule has 1 aromatic heterocycles. The Kier molecular flexibility index (Phi) is 5.04. The van der Waals surface area contributed by atoms with Gasteiger partial charge in [-0.05, 0) is 34.2 Å². The molecule has 0 saturated carbocycles. The molecule has 0 aromatic carbocycles. The Bertz CT molecular complexity index is 538. The summed E-state index contributed by atoms with van der Waals surface area (Å²) in [5.74, 6) is 1.04. The van der Waals surface area contributed by atoms with E-state index in [1.165, 1.54) is 0 Å². The van der Waals surface area contributed by atoms with E-state index in [-0.39, 0.29) is 11.5 Å². The van der Waals surface area contributed by atoms with Crippen LogP contribution < -0.4 is 4.90 Å². The maximum absolute atomic E-state index is 11.6. The molecule has 1 saturated heterocycles. The molecule has 1 aliphatic heterocycles. The third-order valence-electron chi connectivity index (χ3n) is 3.86. The second-order valence-electron chi connectivity index (χ2n) is 7.16. The van der Waals surface area contributed by atoms with E-state index < -0.39 is 6.09 Å². The molecular weight excluding hydrogens is 348 g/mol. The molecule has 1 N–H and O–H groups in total. The standard InChI is InChI=1S/C15H25BrN4O2/c1-15(2,3)10-19(14(21)22)9-11-6-5-7-20(11)13-8-12(16)17-18(13)4/h8,11H,5-7,9-10H2,1-4H3,(H,21,22)/t11-/m1/s1. The van der Waals surface area contributed by atoms with Crippen molar-refractivity contribution in [2.24, 2.45) is 12.5 Å². The first-order chi connectivity index (χ1) is 10.2. The number of nitrogens with zero attached hydrogens (tertiary/aromatic N) is 4. The van der Waals surface area contributed by atoms with E-state index in [1.54, 1.807) is 4.90 Å². The fraction of sp³-hybridized carbons (Fsp3) is 0.733. The fourth-order valence-corrected chi connectivity index (χ4v) is 3.50. The SMILES string of the molecule is Cn1nc(Br)cc1N1CCC[C@@H]1CN(CC(C)(C)C)C(=O)O. The molecular formula is C15H25BrN4O2. The molecule has 2 heterocycles. The first-order valence-corrected chi connectivity index (χ1v) is 8.41. The minimum atomic E-state index is -0.840. The Balaban J connectivity index is 2.12. The molecule has 0 aliphatic carbocycles. The van der Waals surface area contributed by atoms with Crippen molar-refractivity contribution in [1.29, 1.82) is 0 Å². The van der Waals surface area contributed by atoms with E-state index in [9.17, 15) is 9.90 Å². The molecule has 0 spiro atoms. The number of halogens is 1. The minimum absolute atomic E-state index is 0.0443. The molecule has 2 rings (SSSR count). The third-order valence-corrected chi connectivity index (χ3v) is 4.25. The monoisotopic (exact) mass is 372 g/mol. The maximum atomic E-state index is 11.6. The molecule has 1 aliphatic rings. The second-order valence-corrected chi connectivity index (χ2v) is 7.97. The summed E-state index contributed by atoms with van der Waals surface area (Å²) in [4.78, 5) is 15.4. The van der Waals surface area contributed by atoms with Crippen LogP contribution in [-0.2, 0) is 7.05 Å². The van der Waals surface area contributed by atoms with Gasteiger partial charge >= 0.3 is 6.09 Å². The number of hydrogen-bond donors (Lipinski definition) is 1. The van der Waals surface area contributed by atoms with E-state index in [4.69, 9.17) is 0 Å². The Morgan fingerprint density at radius 3 is 2.73 bits per heavy atom. The zero-order valence-electron chi connectivity index (χ0n) is 13.7. The highest BCUT2D eigenvalue weighted by Crippen LogP contribution is 2.28. The molecule has 0 radical (unpaired) electrons.